The fraction of sp³-hybridized carbons (Fsp3) is 0.364. The van der Waals surface area contributed by atoms with E-state index in [4.69, 9.17) is 16.3 Å². The van der Waals surface area contributed by atoms with Gasteiger partial charge in [0, 0.05) is 21.5 Å². The first kappa shape index (κ1) is 24.7. The highest BCUT2D eigenvalue weighted by molar-refractivity contribution is 9.10. The predicted molar refractivity (Wildman–Crippen MR) is 127 cm³/mol. The molecule has 2 amide bonds. The smallest absolute Gasteiger partial charge is 0.261 e. The molecule has 0 aliphatic heterocycles. The summed E-state index contributed by atoms with van der Waals surface area (Å²) in [6.07, 6.45) is 0.810. The quantitative estimate of drug-likeness (QED) is 0.436. The number of ether oxygens (including phenoxy) is 1. The topological polar surface area (TPSA) is 58.6 Å². The van der Waals surface area contributed by atoms with E-state index in [0.717, 1.165) is 20.9 Å². The number of nitrogens with zero attached hydrogens (tertiary/aromatic N) is 1. The summed E-state index contributed by atoms with van der Waals surface area (Å²) in [6.45, 7) is 5.72. The third-order valence-electron chi connectivity index (χ3n) is 4.68. The van der Waals surface area contributed by atoms with E-state index in [1.54, 1.807) is 25.1 Å². The minimum atomic E-state index is -0.654. The van der Waals surface area contributed by atoms with Gasteiger partial charge in [0.15, 0.2) is 6.61 Å². The highest BCUT2D eigenvalue weighted by atomic mass is 79.9. The molecule has 0 radical (unpaired) electrons. The zero-order valence-corrected chi connectivity index (χ0v) is 21.1. The molecule has 0 aliphatic carbocycles. The standard InChI is InChI=1S/C22H25Br2ClN2O3/c1-4-14(2)26-22(29)15(3)27(12-16-5-7-17(23)8-6-16)21(28)13-30-20-10-9-18(24)11-19(20)25/h5-11,14-15H,4,12-13H2,1-3H3,(H,26,29)/t14-,15+/m1/s1. The Morgan fingerprint density at radius 1 is 1.10 bits per heavy atom. The lowest BCUT2D eigenvalue weighted by molar-refractivity contribution is -0.142. The van der Waals surface area contributed by atoms with E-state index in [1.165, 1.54) is 4.90 Å². The molecule has 0 fully saturated rings. The Bertz CT molecular complexity index is 877. The molecule has 0 bridgehead atoms. The first-order valence-electron chi connectivity index (χ1n) is 9.63. The van der Waals surface area contributed by atoms with E-state index in [0.29, 0.717) is 17.3 Å². The molecule has 0 spiro atoms. The van der Waals surface area contributed by atoms with Gasteiger partial charge in [0.2, 0.25) is 5.91 Å². The van der Waals surface area contributed by atoms with Gasteiger partial charge in [-0.05, 0) is 56.2 Å². The zero-order valence-electron chi connectivity index (χ0n) is 17.1. The lowest BCUT2D eigenvalue weighted by Crippen LogP contribution is -2.50. The molecule has 0 unspecified atom stereocenters. The molecule has 30 heavy (non-hydrogen) atoms. The zero-order chi connectivity index (χ0) is 22.3. The molecule has 0 aromatic heterocycles. The second kappa shape index (κ2) is 11.7. The molecule has 5 nitrogen and oxygen atoms in total. The SMILES string of the molecule is CC[C@@H](C)NC(=O)[C@H](C)N(Cc1ccc(Br)cc1)C(=O)COc1ccc(Br)cc1Cl. The number of rotatable bonds is 9. The minimum absolute atomic E-state index is 0.0300. The van der Waals surface area contributed by atoms with Crippen molar-refractivity contribution >= 4 is 55.3 Å². The lowest BCUT2D eigenvalue weighted by atomic mass is 10.1. The van der Waals surface area contributed by atoms with Gasteiger partial charge in [-0.25, -0.2) is 0 Å². The molecule has 2 atom stereocenters. The van der Waals surface area contributed by atoms with E-state index in [9.17, 15) is 9.59 Å². The largest absolute Gasteiger partial charge is 0.482 e. The number of hydrogen-bond donors (Lipinski definition) is 1. The Morgan fingerprint density at radius 2 is 1.73 bits per heavy atom. The third-order valence-corrected chi connectivity index (χ3v) is 6.00. The molecule has 0 saturated carbocycles. The monoisotopic (exact) mass is 558 g/mol. The second-order valence-corrected chi connectivity index (χ2v) is 9.24. The average Bonchev–Trinajstić information content (AvgIpc) is 2.71. The number of hydrogen-bond acceptors (Lipinski definition) is 3. The normalized spacial score (nSPS) is 12.7. The number of carbonyl (C=O) groups excluding carboxylic acids is 2. The molecule has 1 N–H and O–H groups in total. The summed E-state index contributed by atoms with van der Waals surface area (Å²) in [5.74, 6) is -0.0892. The molecule has 2 aromatic carbocycles. The Labute approximate surface area is 199 Å². The van der Waals surface area contributed by atoms with Gasteiger partial charge >= 0.3 is 0 Å². The van der Waals surface area contributed by atoms with Gasteiger partial charge in [0.1, 0.15) is 11.8 Å². The highest BCUT2D eigenvalue weighted by Gasteiger charge is 2.27. The maximum Gasteiger partial charge on any atom is 0.261 e. The molecular weight excluding hydrogens is 536 g/mol. The van der Waals surface area contributed by atoms with Crippen LogP contribution in [-0.2, 0) is 16.1 Å². The third kappa shape index (κ3) is 7.29. The van der Waals surface area contributed by atoms with Gasteiger partial charge in [0.05, 0.1) is 5.02 Å². The Morgan fingerprint density at radius 3 is 2.33 bits per heavy atom. The summed E-state index contributed by atoms with van der Waals surface area (Å²) in [4.78, 5) is 27.2. The predicted octanol–water partition coefficient (Wildman–Crippen LogP) is 5.58. The summed E-state index contributed by atoms with van der Waals surface area (Å²) < 4.78 is 7.40. The van der Waals surface area contributed by atoms with Crippen LogP contribution in [0.3, 0.4) is 0 Å². The maximum absolute atomic E-state index is 13.0. The molecule has 8 heteroatoms. The van der Waals surface area contributed by atoms with Gasteiger partial charge in [0.25, 0.3) is 5.91 Å². The summed E-state index contributed by atoms with van der Waals surface area (Å²) in [5.41, 5.74) is 0.913. The van der Waals surface area contributed by atoms with E-state index in [1.807, 2.05) is 38.1 Å². The maximum atomic E-state index is 13.0. The van der Waals surface area contributed by atoms with Crippen molar-refractivity contribution in [3.05, 3.63) is 62.0 Å². The Balaban J connectivity index is 2.16. The average molecular weight is 561 g/mol. The molecule has 0 aliphatic rings. The fourth-order valence-electron chi connectivity index (χ4n) is 2.65. The van der Waals surface area contributed by atoms with Crippen LogP contribution < -0.4 is 10.1 Å². The van der Waals surface area contributed by atoms with Crippen molar-refractivity contribution in [3.63, 3.8) is 0 Å². The van der Waals surface area contributed by atoms with Crippen LogP contribution in [0.2, 0.25) is 5.02 Å². The van der Waals surface area contributed by atoms with E-state index in [-0.39, 0.29) is 24.5 Å². The summed E-state index contributed by atoms with van der Waals surface area (Å²) >= 11 is 12.9. The highest BCUT2D eigenvalue weighted by Crippen LogP contribution is 2.27. The van der Waals surface area contributed by atoms with Gasteiger partial charge in [-0.1, -0.05) is 62.5 Å². The molecular formula is C22H25Br2ClN2O3. The van der Waals surface area contributed by atoms with E-state index >= 15 is 0 Å². The summed E-state index contributed by atoms with van der Waals surface area (Å²) in [7, 11) is 0. The summed E-state index contributed by atoms with van der Waals surface area (Å²) in [5, 5.41) is 3.34. The van der Waals surface area contributed by atoms with Crippen LogP contribution >= 0.6 is 43.5 Å². The first-order chi connectivity index (χ1) is 14.2. The van der Waals surface area contributed by atoms with E-state index in [2.05, 4.69) is 37.2 Å². The van der Waals surface area contributed by atoms with Crippen LogP contribution in [0.15, 0.2) is 51.4 Å². The van der Waals surface area contributed by atoms with Gasteiger partial charge < -0.3 is 15.0 Å². The van der Waals surface area contributed by atoms with Crippen LogP contribution in [0.5, 0.6) is 5.75 Å². The van der Waals surface area contributed by atoms with Gasteiger partial charge in [-0.15, -0.1) is 0 Å². The number of halogens is 3. The molecule has 162 valence electrons. The minimum Gasteiger partial charge on any atom is -0.482 e. The van der Waals surface area contributed by atoms with Crippen LogP contribution in [0.4, 0.5) is 0 Å². The van der Waals surface area contributed by atoms with Gasteiger partial charge in [-0.2, -0.15) is 0 Å². The van der Waals surface area contributed by atoms with Crippen LogP contribution in [0, 0.1) is 0 Å². The Hall–Kier alpha value is -1.57. The molecule has 0 heterocycles. The van der Waals surface area contributed by atoms with Crippen molar-refractivity contribution in [2.75, 3.05) is 6.61 Å². The molecule has 2 rings (SSSR count). The Kier molecular flexibility index (Phi) is 9.65. The second-order valence-electron chi connectivity index (χ2n) is 7.01. The van der Waals surface area contributed by atoms with Crippen molar-refractivity contribution in [3.8, 4) is 5.75 Å². The van der Waals surface area contributed by atoms with Crippen molar-refractivity contribution in [1.29, 1.82) is 0 Å². The van der Waals surface area contributed by atoms with Gasteiger partial charge in [-0.3, -0.25) is 9.59 Å². The first-order valence-corrected chi connectivity index (χ1v) is 11.6. The van der Waals surface area contributed by atoms with Crippen LogP contribution in [0.1, 0.15) is 32.8 Å². The van der Waals surface area contributed by atoms with Crippen LogP contribution in [-0.4, -0.2) is 35.4 Å². The number of amides is 2. The summed E-state index contributed by atoms with van der Waals surface area (Å²) in [6, 6.07) is 12.2. The van der Waals surface area contributed by atoms with Crippen molar-refractivity contribution in [1.82, 2.24) is 10.2 Å². The van der Waals surface area contributed by atoms with E-state index < -0.39 is 6.04 Å². The molecule has 0 saturated heterocycles. The van der Waals surface area contributed by atoms with Crippen molar-refractivity contribution in [2.24, 2.45) is 0 Å². The number of benzene rings is 2. The van der Waals surface area contributed by atoms with Crippen LogP contribution in [0.25, 0.3) is 0 Å². The number of nitrogens with one attached hydrogen (secondary N) is 1. The lowest BCUT2D eigenvalue weighted by Gasteiger charge is -2.29. The molecule has 2 aromatic rings. The van der Waals surface area contributed by atoms with Crippen molar-refractivity contribution in [2.45, 2.75) is 45.8 Å². The fourth-order valence-corrected chi connectivity index (χ4v) is 3.64. The number of carbonyl (C=O) groups is 2. The van der Waals surface area contributed by atoms with Crippen molar-refractivity contribution < 1.29 is 14.3 Å².